The van der Waals surface area contributed by atoms with Gasteiger partial charge in [-0.25, -0.2) is 0 Å². The topological polar surface area (TPSA) is 63.6 Å². The number of likely N-dealkylation sites (N-methyl/N-ethyl adjacent to an activating group) is 1. The number of nitrogens with zero attached hydrogens (tertiary/aromatic N) is 2. The molecule has 0 atom stereocenters. The maximum atomic E-state index is 10.2. The number of carbonyl (C=O) groups excluding carboxylic acids is 1. The van der Waals surface area contributed by atoms with Crippen molar-refractivity contribution >= 4 is 30.1 Å². The molecule has 17 heavy (non-hydrogen) atoms. The fourth-order valence-electron chi connectivity index (χ4n) is 1.38. The molecule has 0 aromatic heterocycles. The lowest BCUT2D eigenvalue weighted by Gasteiger charge is -2.28. The van der Waals surface area contributed by atoms with Gasteiger partial charge in [0.2, 0.25) is 0 Å². The standard InChI is InChI=1S/C6H11NO2.C5H14NO.HI/c8-6(9)7-4-2-1-3-5-7;1-6(2,3)4-5-7;/h1-5H2,(H,8,9);7H,4-5H2,1-3H3;1H/q;+1;/p-1. The summed E-state index contributed by atoms with van der Waals surface area (Å²) in [5, 5.41) is 18.6. The van der Waals surface area contributed by atoms with Crippen LogP contribution in [-0.4, -0.2) is 68.0 Å². The van der Waals surface area contributed by atoms with Gasteiger partial charge in [-0.15, -0.1) is 24.0 Å². The van der Waals surface area contributed by atoms with Crippen molar-refractivity contribution in [1.82, 2.24) is 4.90 Å². The van der Waals surface area contributed by atoms with Crippen molar-refractivity contribution in [2.24, 2.45) is 0 Å². The molecule has 1 saturated heterocycles. The summed E-state index contributed by atoms with van der Waals surface area (Å²) in [5.74, 6) is 0. The average Bonchev–Trinajstić information content (AvgIpc) is 2.18. The Balaban J connectivity index is 0. The fourth-order valence-corrected chi connectivity index (χ4v) is 1.38. The Morgan fingerprint density at radius 1 is 1.24 bits per heavy atom. The largest absolute Gasteiger partial charge is 0.530 e. The van der Waals surface area contributed by atoms with Gasteiger partial charge in [-0.1, -0.05) is 0 Å². The zero-order valence-electron chi connectivity index (χ0n) is 11.0. The highest BCUT2D eigenvalue weighted by Gasteiger charge is 2.07. The molecule has 0 aromatic carbocycles. The zero-order chi connectivity index (χ0) is 12.6. The molecule has 5 nitrogen and oxygen atoms in total. The number of hydrogen-bond acceptors (Lipinski definition) is 3. The summed E-state index contributed by atoms with van der Waals surface area (Å²) in [6.07, 6.45) is 2.13. The van der Waals surface area contributed by atoms with E-state index in [1.165, 1.54) is 4.90 Å². The summed E-state index contributed by atoms with van der Waals surface area (Å²) < 4.78 is 0.844. The van der Waals surface area contributed by atoms with E-state index in [1.807, 2.05) is 0 Å². The van der Waals surface area contributed by atoms with Crippen LogP contribution in [0.5, 0.6) is 0 Å². The second-order valence-corrected chi connectivity index (χ2v) is 5.05. The van der Waals surface area contributed by atoms with E-state index in [-0.39, 0.29) is 30.6 Å². The summed E-state index contributed by atoms with van der Waals surface area (Å²) in [6, 6.07) is 0. The Morgan fingerprint density at radius 3 is 1.88 bits per heavy atom. The van der Waals surface area contributed by atoms with Gasteiger partial charge >= 0.3 is 0 Å². The molecule has 0 bridgehead atoms. The van der Waals surface area contributed by atoms with Crippen LogP contribution in [0.1, 0.15) is 19.3 Å². The molecule has 1 rings (SSSR count). The van der Waals surface area contributed by atoms with Gasteiger partial charge in [0, 0.05) is 13.1 Å². The first kappa shape index (κ1) is 19.3. The molecular weight excluding hydrogens is 335 g/mol. The number of aliphatic hydroxyl groups is 1. The van der Waals surface area contributed by atoms with Crippen LogP contribution in [0.15, 0.2) is 0 Å². The van der Waals surface area contributed by atoms with E-state index in [1.54, 1.807) is 0 Å². The third kappa shape index (κ3) is 12.2. The van der Waals surface area contributed by atoms with Crippen LogP contribution in [-0.2, 0) is 0 Å². The molecule has 1 aliphatic heterocycles. The van der Waals surface area contributed by atoms with E-state index in [9.17, 15) is 9.90 Å². The van der Waals surface area contributed by atoms with E-state index in [2.05, 4.69) is 21.1 Å². The minimum absolute atomic E-state index is 0. The van der Waals surface area contributed by atoms with E-state index in [4.69, 9.17) is 5.11 Å². The average molecular weight is 360 g/mol. The van der Waals surface area contributed by atoms with E-state index in [0.29, 0.717) is 13.1 Å². The summed E-state index contributed by atoms with van der Waals surface area (Å²) >= 11 is 0. The quantitative estimate of drug-likeness (QED) is 0.562. The highest BCUT2D eigenvalue weighted by atomic mass is 127. The number of carbonyl (C=O) groups is 1. The molecule has 0 unspecified atom stereocenters. The Bertz CT molecular complexity index is 201. The normalized spacial score (nSPS) is 15.4. The minimum Gasteiger partial charge on any atom is -0.530 e. The first-order chi connectivity index (χ1) is 7.37. The van der Waals surface area contributed by atoms with Gasteiger partial charge in [-0.3, -0.25) is 0 Å². The third-order valence-corrected chi connectivity index (χ3v) is 2.39. The summed E-state index contributed by atoms with van der Waals surface area (Å²) in [7, 11) is 6.16. The highest BCUT2D eigenvalue weighted by molar-refractivity contribution is 14.0. The number of carboxylic acid groups (broad SMARTS) is 1. The monoisotopic (exact) mass is 360 g/mol. The molecule has 1 aliphatic rings. The third-order valence-electron chi connectivity index (χ3n) is 2.39. The Labute approximate surface area is 121 Å². The lowest BCUT2D eigenvalue weighted by atomic mass is 10.1. The number of rotatable bonds is 2. The maximum Gasteiger partial charge on any atom is 0.136 e. The van der Waals surface area contributed by atoms with Crippen LogP contribution in [0.3, 0.4) is 0 Å². The van der Waals surface area contributed by atoms with Crippen LogP contribution in [0.25, 0.3) is 0 Å². The highest BCUT2D eigenvalue weighted by Crippen LogP contribution is 2.06. The molecule has 0 aromatic rings. The molecule has 0 spiro atoms. The molecule has 0 radical (unpaired) electrons. The molecular formula is C11H25IN2O3. The Hall–Kier alpha value is -0.0800. The second kappa shape index (κ2) is 9.90. The molecule has 1 fully saturated rings. The van der Waals surface area contributed by atoms with Crippen molar-refractivity contribution in [2.75, 3.05) is 47.4 Å². The van der Waals surface area contributed by atoms with Crippen molar-refractivity contribution < 1.29 is 19.5 Å². The second-order valence-electron chi connectivity index (χ2n) is 5.05. The van der Waals surface area contributed by atoms with Crippen molar-refractivity contribution in [3.8, 4) is 0 Å². The number of amides is 1. The van der Waals surface area contributed by atoms with Gasteiger partial charge in [0.05, 0.1) is 27.7 Å². The van der Waals surface area contributed by atoms with Crippen molar-refractivity contribution in [3.05, 3.63) is 0 Å². The van der Waals surface area contributed by atoms with Crippen LogP contribution >= 0.6 is 24.0 Å². The molecule has 1 heterocycles. The van der Waals surface area contributed by atoms with Crippen molar-refractivity contribution in [2.45, 2.75) is 19.3 Å². The number of piperidine rings is 1. The smallest absolute Gasteiger partial charge is 0.136 e. The van der Waals surface area contributed by atoms with Gasteiger partial charge in [0.1, 0.15) is 12.6 Å². The minimum atomic E-state index is -1.02. The van der Waals surface area contributed by atoms with Crippen molar-refractivity contribution in [1.29, 1.82) is 0 Å². The Morgan fingerprint density at radius 2 is 1.71 bits per heavy atom. The number of halogens is 1. The first-order valence-electron chi connectivity index (χ1n) is 5.74. The van der Waals surface area contributed by atoms with Crippen molar-refractivity contribution in [3.63, 3.8) is 0 Å². The van der Waals surface area contributed by atoms with Gasteiger partial charge in [0.15, 0.2) is 0 Å². The predicted octanol–water partition coefficient (Wildman–Crippen LogP) is 0.118. The number of hydrogen-bond donors (Lipinski definition) is 1. The summed E-state index contributed by atoms with van der Waals surface area (Å²) in [5.41, 5.74) is 0. The SMILES string of the molecule is C[N+](C)(C)CCO.I.O=C([O-])N1CCCCC1. The lowest BCUT2D eigenvalue weighted by Crippen LogP contribution is -2.43. The summed E-state index contributed by atoms with van der Waals surface area (Å²) in [4.78, 5) is 11.5. The zero-order valence-corrected chi connectivity index (χ0v) is 13.3. The Kier molecular flexibility index (Phi) is 11.2. The van der Waals surface area contributed by atoms with E-state index < -0.39 is 6.09 Å². The maximum absolute atomic E-state index is 10.2. The molecule has 104 valence electrons. The molecule has 1 N–H and O–H groups in total. The number of likely N-dealkylation sites (tertiary alicyclic amines) is 1. The molecule has 1 amide bonds. The van der Waals surface area contributed by atoms with Gasteiger partial charge in [-0.05, 0) is 19.3 Å². The fraction of sp³-hybridized carbons (Fsp3) is 0.909. The molecule has 6 heteroatoms. The van der Waals surface area contributed by atoms with Crippen LogP contribution in [0.2, 0.25) is 0 Å². The van der Waals surface area contributed by atoms with E-state index >= 15 is 0 Å². The van der Waals surface area contributed by atoms with Crippen LogP contribution in [0, 0.1) is 0 Å². The predicted molar refractivity (Wildman–Crippen MR) is 76.2 cm³/mol. The van der Waals surface area contributed by atoms with Crippen LogP contribution < -0.4 is 5.11 Å². The summed E-state index contributed by atoms with van der Waals surface area (Å²) in [6.45, 7) is 2.45. The first-order valence-corrected chi connectivity index (χ1v) is 5.74. The number of aliphatic hydroxyl groups excluding tert-OH is 1. The van der Waals surface area contributed by atoms with E-state index in [0.717, 1.165) is 30.3 Å². The van der Waals surface area contributed by atoms with Gasteiger partial charge in [-0.2, -0.15) is 0 Å². The van der Waals surface area contributed by atoms with Gasteiger partial charge in [0.25, 0.3) is 0 Å². The molecule has 0 aliphatic carbocycles. The number of quaternary nitrogens is 1. The van der Waals surface area contributed by atoms with Gasteiger partial charge < -0.3 is 24.4 Å². The van der Waals surface area contributed by atoms with Crippen LogP contribution in [0.4, 0.5) is 4.79 Å². The molecule has 0 saturated carbocycles. The lowest BCUT2D eigenvalue weighted by molar-refractivity contribution is -0.870.